The van der Waals surface area contributed by atoms with Gasteiger partial charge in [0, 0.05) is 27.4 Å². The summed E-state index contributed by atoms with van der Waals surface area (Å²) in [6, 6.07) is 56.1. The van der Waals surface area contributed by atoms with Crippen molar-refractivity contribution in [1.29, 1.82) is 0 Å². The first-order chi connectivity index (χ1) is 26.2. The number of nitrogens with zero attached hydrogens (tertiary/aromatic N) is 4. The monoisotopic (exact) mass is 704 g/mol. The maximum Gasteiger partial charge on any atom is 0.151 e. The van der Waals surface area contributed by atoms with Gasteiger partial charge in [-0.25, -0.2) is 4.98 Å². The second-order valence-corrected chi connectivity index (χ2v) is 15.8. The number of pyridine rings is 1. The van der Waals surface area contributed by atoms with Crippen molar-refractivity contribution in [3.8, 4) is 17.3 Å². The minimum absolute atomic E-state index is 0.146. The predicted octanol–water partition coefficient (Wildman–Crippen LogP) is 12.8. The number of para-hydroxylation sites is 6. The van der Waals surface area contributed by atoms with Crippen molar-refractivity contribution in [3.63, 3.8) is 0 Å². The van der Waals surface area contributed by atoms with Crippen molar-refractivity contribution < 1.29 is 4.74 Å². The quantitative estimate of drug-likeness (QED) is 0.165. The number of anilines is 4. The molecule has 1 aliphatic heterocycles. The Hall–Kier alpha value is -6.33. The Morgan fingerprint density at radius 2 is 1.09 bits per heavy atom. The molecule has 2 aromatic heterocycles. The Bertz CT molecular complexity index is 2600. The summed E-state index contributed by atoms with van der Waals surface area (Å²) >= 11 is 0. The van der Waals surface area contributed by atoms with E-state index in [1.807, 2.05) is 12.3 Å². The molecule has 0 aliphatic carbocycles. The molecule has 0 atom stereocenters. The summed E-state index contributed by atoms with van der Waals surface area (Å²) in [5, 5.41) is 2.43. The third-order valence-corrected chi connectivity index (χ3v) is 11.0. The summed E-state index contributed by atoms with van der Waals surface area (Å²) in [4.78, 5) is 9.83. The Labute approximate surface area is 317 Å². The van der Waals surface area contributed by atoms with Crippen LogP contribution in [0.1, 0.15) is 51.3 Å². The van der Waals surface area contributed by atoms with E-state index in [2.05, 4.69) is 201 Å². The molecule has 6 aromatic carbocycles. The summed E-state index contributed by atoms with van der Waals surface area (Å²) in [6.45, 7) is 12.0. The van der Waals surface area contributed by atoms with E-state index < -0.39 is 0 Å². The van der Waals surface area contributed by atoms with Gasteiger partial charge in [0.05, 0.1) is 34.3 Å². The van der Waals surface area contributed by atoms with Crippen LogP contribution < -0.4 is 14.5 Å². The predicted molar refractivity (Wildman–Crippen MR) is 224 cm³/mol. The Morgan fingerprint density at radius 1 is 0.519 bits per heavy atom. The zero-order valence-corrected chi connectivity index (χ0v) is 31.5. The third-order valence-electron chi connectivity index (χ3n) is 11.0. The average molecular weight is 705 g/mol. The Balaban J connectivity index is 1.09. The summed E-state index contributed by atoms with van der Waals surface area (Å²) in [5.41, 5.74) is 10.0. The van der Waals surface area contributed by atoms with Crippen molar-refractivity contribution in [2.75, 3.05) is 16.5 Å². The Kier molecular flexibility index (Phi) is 8.04. The van der Waals surface area contributed by atoms with Crippen molar-refractivity contribution in [2.45, 2.75) is 45.4 Å². The van der Waals surface area contributed by atoms with Gasteiger partial charge >= 0.3 is 0 Å². The highest BCUT2D eigenvalue weighted by atomic mass is 16.5. The molecule has 0 radical (unpaired) electrons. The van der Waals surface area contributed by atoms with Crippen LogP contribution in [-0.4, -0.2) is 16.2 Å². The van der Waals surface area contributed by atoms with Crippen LogP contribution >= 0.6 is 0 Å². The van der Waals surface area contributed by atoms with Gasteiger partial charge < -0.3 is 14.5 Å². The molecule has 5 heteroatoms. The van der Waals surface area contributed by atoms with Crippen LogP contribution in [0.2, 0.25) is 0 Å². The second-order valence-electron chi connectivity index (χ2n) is 15.8. The maximum atomic E-state index is 6.96. The van der Waals surface area contributed by atoms with Crippen molar-refractivity contribution in [1.82, 2.24) is 9.55 Å². The van der Waals surface area contributed by atoms with Crippen LogP contribution in [0.5, 0.6) is 11.5 Å². The lowest BCUT2D eigenvalue weighted by atomic mass is 9.78. The van der Waals surface area contributed by atoms with Crippen LogP contribution in [0.25, 0.3) is 27.6 Å². The highest BCUT2D eigenvalue weighted by molar-refractivity contribution is 6.09. The first-order valence-corrected chi connectivity index (χ1v) is 18.7. The molecule has 0 bridgehead atoms. The van der Waals surface area contributed by atoms with Gasteiger partial charge in [-0.05, 0) is 71.1 Å². The van der Waals surface area contributed by atoms with Crippen LogP contribution in [0.4, 0.5) is 22.7 Å². The van der Waals surface area contributed by atoms with Gasteiger partial charge in [0.2, 0.25) is 0 Å². The fourth-order valence-corrected chi connectivity index (χ4v) is 8.00. The molecular formula is C49H44N4O. The lowest BCUT2D eigenvalue weighted by Crippen LogP contribution is -2.25. The van der Waals surface area contributed by atoms with Gasteiger partial charge in [-0.3, -0.25) is 4.57 Å². The van der Waals surface area contributed by atoms with Gasteiger partial charge in [-0.1, -0.05) is 138 Å². The zero-order valence-electron chi connectivity index (χ0n) is 31.5. The van der Waals surface area contributed by atoms with Crippen molar-refractivity contribution in [2.24, 2.45) is 0 Å². The number of ether oxygens (including phenoxy) is 1. The molecule has 5 nitrogen and oxygen atoms in total. The molecule has 1 aliphatic rings. The van der Waals surface area contributed by atoms with Gasteiger partial charge in [-0.2, -0.15) is 0 Å². The Morgan fingerprint density at radius 3 is 1.78 bits per heavy atom. The van der Waals surface area contributed by atoms with Gasteiger partial charge in [0.25, 0.3) is 0 Å². The second kappa shape index (κ2) is 13.0. The largest absolute Gasteiger partial charge is 0.453 e. The molecule has 0 N–H and O–H groups in total. The summed E-state index contributed by atoms with van der Waals surface area (Å²) in [7, 11) is 0. The summed E-state index contributed by atoms with van der Waals surface area (Å²) in [6.07, 6.45) is 1.90. The van der Waals surface area contributed by atoms with E-state index in [0.717, 1.165) is 56.7 Å². The molecular weight excluding hydrogens is 661 g/mol. The fourth-order valence-electron chi connectivity index (χ4n) is 8.00. The lowest BCUT2D eigenvalue weighted by Gasteiger charge is -2.29. The number of hydrogen-bond acceptors (Lipinski definition) is 4. The minimum Gasteiger partial charge on any atom is -0.453 e. The summed E-state index contributed by atoms with van der Waals surface area (Å²) in [5.74, 6) is 2.41. The van der Waals surface area contributed by atoms with E-state index >= 15 is 0 Å². The molecule has 266 valence electrons. The third kappa shape index (κ3) is 5.68. The first-order valence-electron chi connectivity index (χ1n) is 18.7. The van der Waals surface area contributed by atoms with E-state index in [1.54, 1.807) is 0 Å². The molecule has 0 saturated heterocycles. The van der Waals surface area contributed by atoms with Crippen molar-refractivity contribution in [3.05, 3.63) is 181 Å². The lowest BCUT2D eigenvalue weighted by molar-refractivity contribution is 0.453. The number of rotatable bonds is 7. The molecule has 0 saturated carbocycles. The average Bonchev–Trinajstić information content (AvgIpc) is 3.75. The fraction of sp³-hybridized carbons (Fsp3) is 0.163. The molecule has 9 rings (SSSR count). The highest BCUT2D eigenvalue weighted by Gasteiger charge is 2.32. The zero-order chi connectivity index (χ0) is 37.0. The topological polar surface area (TPSA) is 33.5 Å². The molecule has 3 heterocycles. The van der Waals surface area contributed by atoms with E-state index in [1.165, 1.54) is 21.9 Å². The normalized spacial score (nSPS) is 13.1. The number of fused-ring (bicyclic) bond motifs is 4. The number of hydrogen-bond donors (Lipinski definition) is 0. The molecule has 0 fully saturated rings. The van der Waals surface area contributed by atoms with Crippen LogP contribution in [0.3, 0.4) is 0 Å². The van der Waals surface area contributed by atoms with E-state index in [9.17, 15) is 0 Å². The molecule has 0 spiro atoms. The number of benzene rings is 6. The molecule has 8 aromatic rings. The maximum absolute atomic E-state index is 6.96. The molecule has 0 unspecified atom stereocenters. The van der Waals surface area contributed by atoms with E-state index in [-0.39, 0.29) is 10.8 Å². The van der Waals surface area contributed by atoms with E-state index in [0.29, 0.717) is 6.67 Å². The van der Waals surface area contributed by atoms with E-state index in [4.69, 9.17) is 9.72 Å². The SMILES string of the molecule is CC(C)(C)c1cc(-n2c3ccccc3c3ccccc32)ncc1Oc1ccccc1N1CN(c2cccc(C(C)(C)c3ccccc3)c2)c2ccccc21. The van der Waals surface area contributed by atoms with Gasteiger partial charge in [0.1, 0.15) is 18.2 Å². The molecule has 54 heavy (non-hydrogen) atoms. The van der Waals surface area contributed by atoms with Gasteiger partial charge in [-0.15, -0.1) is 0 Å². The molecule has 0 amide bonds. The number of aromatic nitrogens is 2. The smallest absolute Gasteiger partial charge is 0.151 e. The standard InChI is InChI=1S/C49H44N4O/c1-48(2,3)39-31-47(53-40-24-11-9-22-37(40)38-23-10-12-25-41(38)53)50-32-46(39)54-45-29-16-15-28-44(45)52-33-51(42-26-13-14-27-43(42)52)36-21-17-20-35(30-36)49(4,5)34-18-7-6-8-19-34/h6-32H,33H2,1-5H3. The highest BCUT2D eigenvalue weighted by Crippen LogP contribution is 2.48. The minimum atomic E-state index is -0.212. The van der Waals surface area contributed by atoms with Crippen LogP contribution in [0, 0.1) is 0 Å². The van der Waals surface area contributed by atoms with Crippen molar-refractivity contribution >= 4 is 44.6 Å². The summed E-state index contributed by atoms with van der Waals surface area (Å²) < 4.78 is 9.23. The van der Waals surface area contributed by atoms with Crippen LogP contribution in [-0.2, 0) is 10.8 Å². The first kappa shape index (κ1) is 33.5. The van der Waals surface area contributed by atoms with Gasteiger partial charge in [0.15, 0.2) is 5.75 Å². The van der Waals surface area contributed by atoms with Crippen LogP contribution in [0.15, 0.2) is 164 Å².